The molecule has 0 aliphatic heterocycles. The van der Waals surface area contributed by atoms with Gasteiger partial charge in [0, 0.05) is 19.1 Å². The monoisotopic (exact) mass is 239 g/mol. The second kappa shape index (κ2) is 6.80. The van der Waals surface area contributed by atoms with Crippen molar-refractivity contribution in [2.24, 2.45) is 5.92 Å². The van der Waals surface area contributed by atoms with Crippen LogP contribution < -0.4 is 0 Å². The summed E-state index contributed by atoms with van der Waals surface area (Å²) in [5, 5.41) is 9.01. The summed E-state index contributed by atoms with van der Waals surface area (Å²) in [5.74, 6) is -0.996. The Morgan fingerprint density at radius 1 is 1.41 bits per heavy atom. The molecule has 1 rings (SSSR count). The predicted octanol–water partition coefficient (Wildman–Crippen LogP) is 2.92. The Hall–Kier alpha value is -0.830. The van der Waals surface area contributed by atoms with Crippen LogP contribution in [-0.2, 0) is 4.79 Å². The molecule has 0 saturated heterocycles. The highest BCUT2D eigenvalue weighted by atomic mass is 16.4. The third kappa shape index (κ3) is 4.90. The molecule has 17 heavy (non-hydrogen) atoms. The quantitative estimate of drug-likeness (QED) is 0.724. The van der Waals surface area contributed by atoms with E-state index in [2.05, 4.69) is 11.5 Å². The van der Waals surface area contributed by atoms with Gasteiger partial charge >= 0.3 is 5.97 Å². The van der Waals surface area contributed by atoms with Crippen molar-refractivity contribution >= 4 is 5.97 Å². The van der Waals surface area contributed by atoms with E-state index in [1.54, 1.807) is 6.92 Å². The van der Waals surface area contributed by atoms with Crippen LogP contribution in [0.4, 0.5) is 0 Å². The Morgan fingerprint density at radius 2 is 2.00 bits per heavy atom. The molecule has 1 N–H and O–H groups in total. The maximum atomic E-state index is 11.0. The van der Waals surface area contributed by atoms with E-state index >= 15 is 0 Å². The minimum Gasteiger partial charge on any atom is -0.481 e. The van der Waals surface area contributed by atoms with Gasteiger partial charge in [0.1, 0.15) is 0 Å². The molecule has 3 nitrogen and oxygen atoms in total. The van der Waals surface area contributed by atoms with Crippen molar-refractivity contribution in [3.63, 3.8) is 0 Å². The molecule has 0 aromatic rings. The van der Waals surface area contributed by atoms with E-state index in [4.69, 9.17) is 5.11 Å². The Morgan fingerprint density at radius 3 is 2.47 bits per heavy atom. The van der Waals surface area contributed by atoms with Crippen molar-refractivity contribution < 1.29 is 9.90 Å². The summed E-state index contributed by atoms with van der Waals surface area (Å²) in [7, 11) is 0. The lowest BCUT2D eigenvalue weighted by atomic mass is 9.93. The van der Waals surface area contributed by atoms with Gasteiger partial charge in [-0.2, -0.15) is 0 Å². The zero-order valence-corrected chi connectivity index (χ0v) is 11.1. The van der Waals surface area contributed by atoms with Crippen molar-refractivity contribution in [2.75, 3.05) is 13.1 Å². The van der Waals surface area contributed by atoms with Gasteiger partial charge in [-0.1, -0.05) is 38.3 Å². The molecule has 0 spiro atoms. The first-order chi connectivity index (χ1) is 8.00. The number of carboxylic acids is 1. The topological polar surface area (TPSA) is 40.5 Å². The van der Waals surface area contributed by atoms with Crippen molar-refractivity contribution in [3.05, 3.63) is 12.2 Å². The van der Waals surface area contributed by atoms with Crippen LogP contribution in [-0.4, -0.2) is 35.1 Å². The number of carbonyl (C=O) groups is 1. The highest BCUT2D eigenvalue weighted by Gasteiger charge is 2.24. The highest BCUT2D eigenvalue weighted by Crippen LogP contribution is 2.24. The highest BCUT2D eigenvalue weighted by molar-refractivity contribution is 5.69. The molecule has 1 atom stereocenters. The summed E-state index contributed by atoms with van der Waals surface area (Å²) in [6.07, 6.45) is 6.29. The van der Waals surface area contributed by atoms with E-state index in [1.165, 1.54) is 32.1 Å². The number of hydrogen-bond donors (Lipinski definition) is 1. The molecular formula is C14H25NO2. The minimum absolute atomic E-state index is 0.295. The fourth-order valence-electron chi connectivity index (χ4n) is 2.57. The molecule has 1 aliphatic carbocycles. The number of aliphatic carboxylic acids is 1. The van der Waals surface area contributed by atoms with Crippen LogP contribution in [0.5, 0.6) is 0 Å². The van der Waals surface area contributed by atoms with E-state index in [-0.39, 0.29) is 5.92 Å². The first kappa shape index (κ1) is 14.2. The summed E-state index contributed by atoms with van der Waals surface area (Å²) in [6, 6.07) is 0.558. The maximum absolute atomic E-state index is 11.0. The smallest absolute Gasteiger partial charge is 0.307 e. The largest absolute Gasteiger partial charge is 0.481 e. The molecule has 0 aromatic carbocycles. The first-order valence-electron chi connectivity index (χ1n) is 6.62. The van der Waals surface area contributed by atoms with E-state index in [0.29, 0.717) is 12.6 Å². The summed E-state index contributed by atoms with van der Waals surface area (Å²) >= 11 is 0. The Balaban J connectivity index is 2.58. The van der Waals surface area contributed by atoms with Crippen molar-refractivity contribution in [1.29, 1.82) is 0 Å². The Bertz CT molecular complexity index is 269. The lowest BCUT2D eigenvalue weighted by molar-refractivity contribution is -0.141. The normalized spacial score (nSPS) is 19.2. The van der Waals surface area contributed by atoms with Crippen LogP contribution in [0, 0.1) is 5.92 Å². The average molecular weight is 239 g/mol. The molecule has 1 unspecified atom stereocenters. The fraction of sp³-hybridized carbons (Fsp3) is 0.786. The van der Waals surface area contributed by atoms with Crippen molar-refractivity contribution in [3.8, 4) is 0 Å². The third-order valence-corrected chi connectivity index (χ3v) is 3.49. The Labute approximate surface area is 105 Å². The predicted molar refractivity (Wildman–Crippen MR) is 70.1 cm³/mol. The molecule has 1 saturated carbocycles. The molecule has 0 aromatic heterocycles. The van der Waals surface area contributed by atoms with Gasteiger partial charge < -0.3 is 5.11 Å². The van der Waals surface area contributed by atoms with E-state index < -0.39 is 5.97 Å². The van der Waals surface area contributed by atoms with Crippen LogP contribution in [0.25, 0.3) is 0 Å². The van der Waals surface area contributed by atoms with E-state index in [1.807, 2.05) is 6.92 Å². The summed E-state index contributed by atoms with van der Waals surface area (Å²) in [6.45, 7) is 9.24. The van der Waals surface area contributed by atoms with Crippen molar-refractivity contribution in [1.82, 2.24) is 4.90 Å². The van der Waals surface area contributed by atoms with Gasteiger partial charge in [-0.3, -0.25) is 9.69 Å². The standard InChI is InChI=1S/C14H25NO2/c1-11(2)9-15(10-12(3)14(16)17)13-7-5-4-6-8-13/h12-13H,1,4-10H2,2-3H3,(H,16,17). The molecule has 1 fully saturated rings. The molecule has 98 valence electrons. The number of carboxylic acid groups (broad SMARTS) is 1. The molecule has 0 heterocycles. The summed E-state index contributed by atoms with van der Waals surface area (Å²) in [4.78, 5) is 13.3. The van der Waals surface area contributed by atoms with Crippen LogP contribution >= 0.6 is 0 Å². The summed E-state index contributed by atoms with van der Waals surface area (Å²) in [5.41, 5.74) is 1.12. The van der Waals surface area contributed by atoms with E-state index in [9.17, 15) is 4.79 Å². The second-order valence-electron chi connectivity index (χ2n) is 5.42. The molecule has 0 amide bonds. The van der Waals surface area contributed by atoms with Gasteiger partial charge in [-0.05, 0) is 19.8 Å². The van der Waals surface area contributed by atoms with Gasteiger partial charge in [0.05, 0.1) is 5.92 Å². The molecule has 0 radical (unpaired) electrons. The Kier molecular flexibility index (Phi) is 5.69. The number of rotatable bonds is 6. The number of hydrogen-bond acceptors (Lipinski definition) is 2. The average Bonchev–Trinajstić information content (AvgIpc) is 2.28. The molecular weight excluding hydrogens is 214 g/mol. The van der Waals surface area contributed by atoms with Gasteiger partial charge in [0.25, 0.3) is 0 Å². The number of nitrogens with zero attached hydrogens (tertiary/aromatic N) is 1. The van der Waals surface area contributed by atoms with Gasteiger partial charge in [-0.15, -0.1) is 0 Å². The molecule has 3 heteroatoms. The van der Waals surface area contributed by atoms with Crippen LogP contribution in [0.3, 0.4) is 0 Å². The van der Waals surface area contributed by atoms with Crippen molar-refractivity contribution in [2.45, 2.75) is 52.0 Å². The van der Waals surface area contributed by atoms with Gasteiger partial charge in [0.2, 0.25) is 0 Å². The lowest BCUT2D eigenvalue weighted by Crippen LogP contribution is -2.41. The van der Waals surface area contributed by atoms with Crippen LogP contribution in [0.15, 0.2) is 12.2 Å². The molecule has 0 bridgehead atoms. The van der Waals surface area contributed by atoms with Gasteiger partial charge in [0.15, 0.2) is 0 Å². The van der Waals surface area contributed by atoms with E-state index in [0.717, 1.165) is 12.1 Å². The minimum atomic E-state index is -0.701. The zero-order chi connectivity index (χ0) is 12.8. The van der Waals surface area contributed by atoms with Gasteiger partial charge in [-0.25, -0.2) is 0 Å². The fourth-order valence-corrected chi connectivity index (χ4v) is 2.57. The zero-order valence-electron chi connectivity index (χ0n) is 11.1. The third-order valence-electron chi connectivity index (χ3n) is 3.49. The second-order valence-corrected chi connectivity index (χ2v) is 5.42. The SMILES string of the molecule is C=C(C)CN(CC(C)C(=O)O)C1CCCCC1. The van der Waals surface area contributed by atoms with Crippen LogP contribution in [0.2, 0.25) is 0 Å². The lowest BCUT2D eigenvalue weighted by Gasteiger charge is -2.35. The summed E-state index contributed by atoms with van der Waals surface area (Å²) < 4.78 is 0. The first-order valence-corrected chi connectivity index (χ1v) is 6.62. The molecule has 1 aliphatic rings. The van der Waals surface area contributed by atoms with Crippen LogP contribution in [0.1, 0.15) is 46.0 Å². The maximum Gasteiger partial charge on any atom is 0.307 e.